The van der Waals surface area contributed by atoms with Crippen molar-refractivity contribution in [2.24, 2.45) is 0 Å². The number of carbonyl (C=O) groups excluding carboxylic acids is 1. The van der Waals surface area contributed by atoms with Crippen LogP contribution < -0.4 is 10.6 Å². The Hall–Kier alpha value is -2.73. The fourth-order valence-electron chi connectivity index (χ4n) is 2.12. The van der Waals surface area contributed by atoms with Gasteiger partial charge in [0, 0.05) is 23.3 Å². The molecule has 0 fully saturated rings. The van der Waals surface area contributed by atoms with Gasteiger partial charge in [-0.15, -0.1) is 11.3 Å². The van der Waals surface area contributed by atoms with Crippen LogP contribution in [0.15, 0.2) is 60.2 Å². The molecule has 3 rings (SSSR count). The summed E-state index contributed by atoms with van der Waals surface area (Å²) < 4.78 is 0. The number of nitrogens with one attached hydrogen (secondary N) is 2. The predicted molar refractivity (Wildman–Crippen MR) is 92.4 cm³/mol. The molecular weight excluding hydrogens is 308 g/mol. The van der Waals surface area contributed by atoms with Crippen molar-refractivity contribution in [3.63, 3.8) is 0 Å². The van der Waals surface area contributed by atoms with Crippen molar-refractivity contribution < 1.29 is 4.79 Å². The molecule has 0 spiro atoms. The normalized spacial score (nSPS) is 11.7. The molecule has 116 valence electrons. The predicted octanol–water partition coefficient (Wildman–Crippen LogP) is 4.09. The molecule has 1 aromatic carbocycles. The Morgan fingerprint density at radius 1 is 1.17 bits per heavy atom. The third-order valence-electron chi connectivity index (χ3n) is 3.33. The lowest BCUT2D eigenvalue weighted by Gasteiger charge is -2.13. The minimum atomic E-state index is -0.282. The molecule has 2 aromatic heterocycles. The van der Waals surface area contributed by atoms with Crippen molar-refractivity contribution in [3.8, 4) is 11.3 Å². The largest absolute Gasteiger partial charge is 0.331 e. The summed E-state index contributed by atoms with van der Waals surface area (Å²) in [6, 6.07) is 13.2. The lowest BCUT2D eigenvalue weighted by atomic mass is 10.1. The highest BCUT2D eigenvalue weighted by Crippen LogP contribution is 2.24. The molecule has 5 nitrogen and oxygen atoms in total. The van der Waals surface area contributed by atoms with Crippen LogP contribution in [-0.4, -0.2) is 16.0 Å². The quantitative estimate of drug-likeness (QED) is 0.759. The molecular formula is C17H16N4OS. The summed E-state index contributed by atoms with van der Waals surface area (Å²) in [6.45, 7) is 1.91. The maximum absolute atomic E-state index is 12.1. The Morgan fingerprint density at radius 2 is 2.00 bits per heavy atom. The second kappa shape index (κ2) is 7.02. The number of anilines is 1. The molecule has 1 unspecified atom stereocenters. The van der Waals surface area contributed by atoms with Crippen LogP contribution in [0.1, 0.15) is 18.5 Å². The molecule has 2 amide bonds. The molecule has 0 saturated carbocycles. The Kier molecular flexibility index (Phi) is 4.63. The second-order valence-electron chi connectivity index (χ2n) is 5.01. The van der Waals surface area contributed by atoms with Crippen molar-refractivity contribution in [1.29, 1.82) is 0 Å². The summed E-state index contributed by atoms with van der Waals surface area (Å²) in [7, 11) is 0. The van der Waals surface area contributed by atoms with Gasteiger partial charge in [0.25, 0.3) is 0 Å². The van der Waals surface area contributed by atoms with E-state index in [2.05, 4.69) is 20.6 Å². The number of amides is 2. The van der Waals surface area contributed by atoms with E-state index in [1.165, 1.54) is 11.3 Å². The van der Waals surface area contributed by atoms with Gasteiger partial charge in [-0.25, -0.2) is 9.78 Å². The molecule has 6 heteroatoms. The third kappa shape index (κ3) is 3.92. The SMILES string of the molecule is CC(NC(=O)Nc1nc(-c2ccccc2)cs1)c1cccnc1. The lowest BCUT2D eigenvalue weighted by Crippen LogP contribution is -2.31. The maximum atomic E-state index is 12.1. The molecule has 0 saturated heterocycles. The van der Waals surface area contributed by atoms with Gasteiger partial charge in [0.2, 0.25) is 0 Å². The fraction of sp³-hybridized carbons (Fsp3) is 0.118. The summed E-state index contributed by atoms with van der Waals surface area (Å²) >= 11 is 1.40. The van der Waals surface area contributed by atoms with Crippen molar-refractivity contribution in [2.45, 2.75) is 13.0 Å². The van der Waals surface area contributed by atoms with E-state index in [0.29, 0.717) is 5.13 Å². The first kappa shape index (κ1) is 15.2. The third-order valence-corrected chi connectivity index (χ3v) is 4.08. The number of nitrogens with zero attached hydrogens (tertiary/aromatic N) is 2. The van der Waals surface area contributed by atoms with Crippen LogP contribution in [0.4, 0.5) is 9.93 Å². The molecule has 23 heavy (non-hydrogen) atoms. The zero-order valence-electron chi connectivity index (χ0n) is 12.6. The summed E-state index contributed by atoms with van der Waals surface area (Å²) in [5.74, 6) is 0. The van der Waals surface area contributed by atoms with Crippen LogP contribution >= 0.6 is 11.3 Å². The van der Waals surface area contributed by atoms with Crippen LogP contribution in [-0.2, 0) is 0 Å². The number of benzene rings is 1. The smallest absolute Gasteiger partial charge is 0.321 e. The monoisotopic (exact) mass is 324 g/mol. The number of urea groups is 1. The molecule has 0 aliphatic heterocycles. The van der Waals surface area contributed by atoms with E-state index in [9.17, 15) is 4.79 Å². The minimum Gasteiger partial charge on any atom is -0.331 e. The molecule has 0 aliphatic carbocycles. The molecule has 2 N–H and O–H groups in total. The average Bonchev–Trinajstić information content (AvgIpc) is 3.04. The van der Waals surface area contributed by atoms with E-state index < -0.39 is 0 Å². The van der Waals surface area contributed by atoms with Crippen LogP contribution in [0, 0.1) is 0 Å². The Balaban J connectivity index is 1.61. The van der Waals surface area contributed by atoms with Gasteiger partial charge in [0.05, 0.1) is 11.7 Å². The van der Waals surface area contributed by atoms with Gasteiger partial charge in [-0.05, 0) is 18.6 Å². The van der Waals surface area contributed by atoms with Crippen molar-refractivity contribution in [1.82, 2.24) is 15.3 Å². The second-order valence-corrected chi connectivity index (χ2v) is 5.87. The highest BCUT2D eigenvalue weighted by molar-refractivity contribution is 7.14. The number of rotatable bonds is 4. The van der Waals surface area contributed by atoms with E-state index in [4.69, 9.17) is 0 Å². The summed E-state index contributed by atoms with van der Waals surface area (Å²) in [6.07, 6.45) is 3.44. The topological polar surface area (TPSA) is 66.9 Å². The first-order valence-corrected chi connectivity index (χ1v) is 8.09. The van der Waals surface area contributed by atoms with Crippen LogP contribution in [0.5, 0.6) is 0 Å². The van der Waals surface area contributed by atoms with Gasteiger partial charge >= 0.3 is 6.03 Å². The van der Waals surface area contributed by atoms with Gasteiger partial charge in [0.15, 0.2) is 5.13 Å². The number of carbonyl (C=O) groups is 1. The average molecular weight is 324 g/mol. The van der Waals surface area contributed by atoms with Gasteiger partial charge in [-0.3, -0.25) is 10.3 Å². The highest BCUT2D eigenvalue weighted by Gasteiger charge is 2.11. The van der Waals surface area contributed by atoms with Gasteiger partial charge < -0.3 is 5.32 Å². The van der Waals surface area contributed by atoms with E-state index in [1.54, 1.807) is 12.4 Å². The van der Waals surface area contributed by atoms with Gasteiger partial charge in [-0.2, -0.15) is 0 Å². The van der Waals surface area contributed by atoms with Crippen LogP contribution in [0.25, 0.3) is 11.3 Å². The number of hydrogen-bond acceptors (Lipinski definition) is 4. The van der Waals surface area contributed by atoms with E-state index in [-0.39, 0.29) is 12.1 Å². The molecule has 0 aliphatic rings. The zero-order chi connectivity index (χ0) is 16.1. The van der Waals surface area contributed by atoms with E-state index in [0.717, 1.165) is 16.8 Å². The standard InChI is InChI=1S/C17H16N4OS/c1-12(14-8-5-9-18-10-14)19-16(22)21-17-20-15(11-23-17)13-6-3-2-4-7-13/h2-12H,1H3,(H2,19,20,21,22). The summed E-state index contributed by atoms with van der Waals surface area (Å²) in [5.41, 5.74) is 2.83. The number of pyridine rings is 1. The molecule has 0 radical (unpaired) electrons. The summed E-state index contributed by atoms with van der Waals surface area (Å²) in [5, 5.41) is 8.14. The van der Waals surface area contributed by atoms with Gasteiger partial charge in [0.1, 0.15) is 0 Å². The van der Waals surface area contributed by atoms with Crippen LogP contribution in [0.2, 0.25) is 0 Å². The summed E-state index contributed by atoms with van der Waals surface area (Å²) in [4.78, 5) is 20.6. The number of aromatic nitrogens is 2. The van der Waals surface area contributed by atoms with Crippen molar-refractivity contribution >= 4 is 22.5 Å². The minimum absolute atomic E-state index is 0.128. The zero-order valence-corrected chi connectivity index (χ0v) is 13.4. The molecule has 2 heterocycles. The fourth-order valence-corrected chi connectivity index (χ4v) is 2.83. The molecule has 1 atom stereocenters. The van der Waals surface area contributed by atoms with E-state index in [1.807, 2.05) is 54.8 Å². The van der Waals surface area contributed by atoms with Crippen LogP contribution in [0.3, 0.4) is 0 Å². The Morgan fingerprint density at radius 3 is 2.74 bits per heavy atom. The lowest BCUT2D eigenvalue weighted by molar-refractivity contribution is 0.249. The van der Waals surface area contributed by atoms with Crippen molar-refractivity contribution in [3.05, 3.63) is 65.8 Å². The first-order valence-electron chi connectivity index (χ1n) is 7.21. The Labute approximate surface area is 138 Å². The first-order chi connectivity index (χ1) is 11.2. The molecule has 3 aromatic rings. The van der Waals surface area contributed by atoms with E-state index >= 15 is 0 Å². The van der Waals surface area contributed by atoms with Gasteiger partial charge in [-0.1, -0.05) is 36.4 Å². The number of hydrogen-bond donors (Lipinski definition) is 2. The highest BCUT2D eigenvalue weighted by atomic mass is 32.1. The maximum Gasteiger partial charge on any atom is 0.321 e. The molecule has 0 bridgehead atoms. The van der Waals surface area contributed by atoms with Crippen molar-refractivity contribution in [2.75, 3.05) is 5.32 Å². The Bertz CT molecular complexity index is 774. The number of thiazole rings is 1.